The first-order valence-electron chi connectivity index (χ1n) is 7.73. The highest BCUT2D eigenvalue weighted by molar-refractivity contribution is 5.39. The second-order valence-corrected chi connectivity index (χ2v) is 6.15. The van der Waals surface area contributed by atoms with Crippen molar-refractivity contribution in [3.63, 3.8) is 0 Å². The van der Waals surface area contributed by atoms with Gasteiger partial charge in [0.1, 0.15) is 11.6 Å². The van der Waals surface area contributed by atoms with E-state index in [4.69, 9.17) is 4.74 Å². The number of hydrogen-bond donors (Lipinski definition) is 1. The van der Waals surface area contributed by atoms with Gasteiger partial charge in [-0.15, -0.1) is 0 Å². The van der Waals surface area contributed by atoms with E-state index in [1.165, 1.54) is 6.42 Å². The number of nitrogens with one attached hydrogen (secondary N) is 1. The van der Waals surface area contributed by atoms with Gasteiger partial charge in [0.15, 0.2) is 0 Å². The van der Waals surface area contributed by atoms with Crippen LogP contribution in [0.2, 0.25) is 0 Å². The number of ether oxygens (including phenoxy) is 1. The molecule has 0 radical (unpaired) electrons. The summed E-state index contributed by atoms with van der Waals surface area (Å²) in [6.45, 7) is 12.3. The van der Waals surface area contributed by atoms with Crippen molar-refractivity contribution < 1.29 is 4.74 Å². The van der Waals surface area contributed by atoms with Crippen LogP contribution in [0.5, 0.6) is 5.88 Å². The Morgan fingerprint density at radius 3 is 2.40 bits per heavy atom. The van der Waals surface area contributed by atoms with Crippen LogP contribution < -0.4 is 10.1 Å². The Balaban J connectivity index is 2.84. The second kappa shape index (κ2) is 8.08. The Hall–Kier alpha value is -1.32. The lowest BCUT2D eigenvalue weighted by Gasteiger charge is -2.19. The molecule has 4 heteroatoms. The molecule has 0 aromatic carbocycles. The summed E-state index contributed by atoms with van der Waals surface area (Å²) in [4.78, 5) is 9.13. The van der Waals surface area contributed by atoms with E-state index in [1.807, 2.05) is 6.07 Å². The van der Waals surface area contributed by atoms with E-state index in [0.29, 0.717) is 12.5 Å². The molecule has 114 valence electrons. The standard InChI is InChI=1S/C16H29N3O/c1-6-8-10-17-13-12-14(20-11-9-7-2)19-15(18-13)16(3,4)5/h12H,6-11H2,1-5H3,(H,17,18,19). The maximum atomic E-state index is 5.74. The first kappa shape index (κ1) is 16.7. The zero-order chi connectivity index (χ0) is 15.0. The fourth-order valence-corrected chi connectivity index (χ4v) is 1.64. The Morgan fingerprint density at radius 2 is 1.80 bits per heavy atom. The molecule has 0 atom stereocenters. The van der Waals surface area contributed by atoms with Gasteiger partial charge in [0.2, 0.25) is 5.88 Å². The molecule has 1 aromatic heterocycles. The van der Waals surface area contributed by atoms with Gasteiger partial charge in [-0.3, -0.25) is 0 Å². The van der Waals surface area contributed by atoms with E-state index in [9.17, 15) is 0 Å². The lowest BCUT2D eigenvalue weighted by molar-refractivity contribution is 0.294. The van der Waals surface area contributed by atoms with Gasteiger partial charge in [-0.05, 0) is 12.8 Å². The van der Waals surface area contributed by atoms with Gasteiger partial charge in [0, 0.05) is 18.0 Å². The summed E-state index contributed by atoms with van der Waals surface area (Å²) in [5.74, 6) is 2.37. The van der Waals surface area contributed by atoms with E-state index in [2.05, 4.69) is 49.9 Å². The van der Waals surface area contributed by atoms with Crippen LogP contribution in [0.4, 0.5) is 5.82 Å². The molecule has 1 aromatic rings. The number of rotatable bonds is 8. The van der Waals surface area contributed by atoms with Crippen molar-refractivity contribution in [1.29, 1.82) is 0 Å². The van der Waals surface area contributed by atoms with E-state index in [0.717, 1.165) is 37.4 Å². The molecule has 4 nitrogen and oxygen atoms in total. The fourth-order valence-electron chi connectivity index (χ4n) is 1.64. The molecule has 20 heavy (non-hydrogen) atoms. The lowest BCUT2D eigenvalue weighted by atomic mass is 9.96. The molecule has 0 spiro atoms. The maximum Gasteiger partial charge on any atom is 0.218 e. The minimum Gasteiger partial charge on any atom is -0.478 e. The van der Waals surface area contributed by atoms with Crippen LogP contribution in [0, 0.1) is 0 Å². The van der Waals surface area contributed by atoms with E-state index < -0.39 is 0 Å². The van der Waals surface area contributed by atoms with Crippen LogP contribution in [-0.4, -0.2) is 23.1 Å². The van der Waals surface area contributed by atoms with Crippen molar-refractivity contribution in [2.24, 2.45) is 0 Å². The summed E-state index contributed by atoms with van der Waals surface area (Å²) in [6.07, 6.45) is 4.48. The van der Waals surface area contributed by atoms with Gasteiger partial charge in [-0.1, -0.05) is 47.5 Å². The SMILES string of the molecule is CCCCNc1cc(OCCCC)nc(C(C)(C)C)n1. The summed E-state index contributed by atoms with van der Waals surface area (Å²) < 4.78 is 5.74. The van der Waals surface area contributed by atoms with E-state index >= 15 is 0 Å². The van der Waals surface area contributed by atoms with Crippen molar-refractivity contribution in [2.45, 2.75) is 65.7 Å². The molecule has 0 amide bonds. The monoisotopic (exact) mass is 279 g/mol. The number of unbranched alkanes of at least 4 members (excludes halogenated alkanes) is 2. The van der Waals surface area contributed by atoms with Crippen LogP contribution >= 0.6 is 0 Å². The van der Waals surface area contributed by atoms with Gasteiger partial charge in [0.05, 0.1) is 6.61 Å². The zero-order valence-electron chi connectivity index (χ0n) is 13.6. The first-order chi connectivity index (χ1) is 9.47. The third-order valence-electron chi connectivity index (χ3n) is 2.96. The second-order valence-electron chi connectivity index (χ2n) is 6.15. The summed E-state index contributed by atoms with van der Waals surface area (Å²) in [5, 5.41) is 3.36. The number of hydrogen-bond acceptors (Lipinski definition) is 4. The molecule has 1 N–H and O–H groups in total. The topological polar surface area (TPSA) is 47.0 Å². The minimum atomic E-state index is -0.0781. The molecule has 0 saturated heterocycles. The van der Waals surface area contributed by atoms with E-state index in [-0.39, 0.29) is 5.41 Å². The Morgan fingerprint density at radius 1 is 1.10 bits per heavy atom. The van der Waals surface area contributed by atoms with Gasteiger partial charge >= 0.3 is 0 Å². The quantitative estimate of drug-likeness (QED) is 0.726. The molecular formula is C16H29N3O. The van der Waals surface area contributed by atoms with Crippen LogP contribution in [0.1, 0.15) is 66.1 Å². The van der Waals surface area contributed by atoms with Crippen molar-refractivity contribution in [3.8, 4) is 5.88 Å². The summed E-state index contributed by atoms with van der Waals surface area (Å²) in [6, 6.07) is 1.90. The molecule has 0 aliphatic heterocycles. The molecule has 0 aliphatic carbocycles. The fraction of sp³-hybridized carbons (Fsp3) is 0.750. The average molecular weight is 279 g/mol. The molecule has 0 bridgehead atoms. The highest BCUT2D eigenvalue weighted by atomic mass is 16.5. The highest BCUT2D eigenvalue weighted by Gasteiger charge is 2.19. The van der Waals surface area contributed by atoms with Crippen molar-refractivity contribution in [2.75, 3.05) is 18.5 Å². The lowest BCUT2D eigenvalue weighted by Crippen LogP contribution is -2.18. The zero-order valence-corrected chi connectivity index (χ0v) is 13.6. The van der Waals surface area contributed by atoms with Crippen LogP contribution in [-0.2, 0) is 5.41 Å². The summed E-state index contributed by atoms with van der Waals surface area (Å²) in [7, 11) is 0. The Bertz CT molecular complexity index is 371. The van der Waals surface area contributed by atoms with E-state index in [1.54, 1.807) is 0 Å². The highest BCUT2D eigenvalue weighted by Crippen LogP contribution is 2.23. The Labute approximate surface area is 123 Å². The summed E-state index contributed by atoms with van der Waals surface area (Å²) >= 11 is 0. The smallest absolute Gasteiger partial charge is 0.218 e. The molecule has 0 aliphatic rings. The molecule has 1 rings (SSSR count). The van der Waals surface area contributed by atoms with Crippen LogP contribution in [0.15, 0.2) is 6.07 Å². The van der Waals surface area contributed by atoms with Gasteiger partial charge in [0.25, 0.3) is 0 Å². The van der Waals surface area contributed by atoms with Gasteiger partial charge in [-0.25, -0.2) is 4.98 Å². The van der Waals surface area contributed by atoms with Crippen LogP contribution in [0.3, 0.4) is 0 Å². The predicted octanol–water partition coefficient (Wildman–Crippen LogP) is 4.17. The average Bonchev–Trinajstić information content (AvgIpc) is 2.38. The summed E-state index contributed by atoms with van der Waals surface area (Å²) in [5.41, 5.74) is -0.0781. The minimum absolute atomic E-state index is 0.0781. The largest absolute Gasteiger partial charge is 0.478 e. The third kappa shape index (κ3) is 5.76. The van der Waals surface area contributed by atoms with Crippen molar-refractivity contribution in [3.05, 3.63) is 11.9 Å². The predicted molar refractivity (Wildman–Crippen MR) is 84.5 cm³/mol. The van der Waals surface area contributed by atoms with Crippen LogP contribution in [0.25, 0.3) is 0 Å². The Kier molecular flexibility index (Phi) is 6.76. The first-order valence-corrected chi connectivity index (χ1v) is 7.73. The molecule has 0 saturated carbocycles. The van der Waals surface area contributed by atoms with Gasteiger partial charge < -0.3 is 10.1 Å². The maximum absolute atomic E-state index is 5.74. The normalized spacial score (nSPS) is 11.4. The molecule has 0 unspecified atom stereocenters. The third-order valence-corrected chi connectivity index (χ3v) is 2.96. The van der Waals surface area contributed by atoms with Gasteiger partial charge in [-0.2, -0.15) is 4.98 Å². The molecular weight excluding hydrogens is 250 g/mol. The molecule has 1 heterocycles. The number of anilines is 1. The number of aromatic nitrogens is 2. The number of nitrogens with zero attached hydrogens (tertiary/aromatic N) is 2. The molecule has 0 fully saturated rings. The van der Waals surface area contributed by atoms with Crippen molar-refractivity contribution >= 4 is 5.82 Å². The van der Waals surface area contributed by atoms with Crippen molar-refractivity contribution in [1.82, 2.24) is 9.97 Å².